The van der Waals surface area contributed by atoms with Crippen molar-refractivity contribution in [2.45, 2.75) is 52.4 Å². The Morgan fingerprint density at radius 1 is 0.593 bits per heavy atom. The topological polar surface area (TPSA) is 0 Å². The fourth-order valence-corrected chi connectivity index (χ4v) is 7.68. The maximum Gasteiger partial charge on any atom is 0.0880 e. The van der Waals surface area contributed by atoms with Gasteiger partial charge in [-0.2, -0.15) is 0 Å². The van der Waals surface area contributed by atoms with Crippen LogP contribution in [0.4, 0.5) is 0 Å². The maximum absolute atomic E-state index is 2.45. The summed E-state index contributed by atoms with van der Waals surface area (Å²) in [5.41, 5.74) is 0. The molecule has 0 saturated heterocycles. The molecule has 0 saturated carbocycles. The number of unbranched alkanes of at least 4 members (excludes halogenated alkanes) is 2. The molecular formula is C24H24S3. The van der Waals surface area contributed by atoms with Gasteiger partial charge in [-0.1, -0.05) is 26.7 Å². The summed E-state index contributed by atoms with van der Waals surface area (Å²) < 4.78 is 4.37. The Labute approximate surface area is 172 Å². The van der Waals surface area contributed by atoms with Crippen molar-refractivity contribution in [1.82, 2.24) is 0 Å². The Hall–Kier alpha value is -1.42. The van der Waals surface area contributed by atoms with Crippen LogP contribution < -0.4 is 0 Å². The third-order valence-electron chi connectivity index (χ3n) is 5.42. The second-order valence-electron chi connectivity index (χ2n) is 7.52. The zero-order valence-electron chi connectivity index (χ0n) is 15.9. The highest BCUT2D eigenvalue weighted by Crippen LogP contribution is 2.42. The molecule has 5 aromatic rings. The summed E-state index contributed by atoms with van der Waals surface area (Å²) in [5.74, 6) is 0. The molecule has 5 rings (SSSR count). The van der Waals surface area contributed by atoms with Crippen LogP contribution in [0.2, 0.25) is 0 Å². The van der Waals surface area contributed by atoms with E-state index in [1.54, 1.807) is 4.88 Å². The molecule has 27 heavy (non-hydrogen) atoms. The Balaban J connectivity index is 1.63. The fourth-order valence-electron chi connectivity index (χ4n) is 3.90. The maximum atomic E-state index is 2.45. The molecule has 0 aliphatic heterocycles. The van der Waals surface area contributed by atoms with Crippen molar-refractivity contribution >= 4 is 74.4 Å². The summed E-state index contributed by atoms with van der Waals surface area (Å²) >= 11 is 5.96. The zero-order chi connectivity index (χ0) is 18.4. The van der Waals surface area contributed by atoms with Crippen LogP contribution in [0.1, 0.15) is 49.3 Å². The lowest BCUT2D eigenvalue weighted by Gasteiger charge is -2.00. The highest BCUT2D eigenvalue weighted by Gasteiger charge is 2.12. The van der Waals surface area contributed by atoms with Crippen molar-refractivity contribution < 1.29 is 0 Å². The quantitative estimate of drug-likeness (QED) is 0.263. The molecule has 0 aliphatic rings. The van der Waals surface area contributed by atoms with E-state index < -0.39 is 0 Å². The molecule has 0 amide bonds. The van der Waals surface area contributed by atoms with Crippen molar-refractivity contribution in [1.29, 1.82) is 0 Å². The minimum atomic E-state index is 1.22. The van der Waals surface area contributed by atoms with E-state index in [-0.39, 0.29) is 0 Å². The molecule has 0 atom stereocenters. The Morgan fingerprint density at radius 3 is 2.07 bits per heavy atom. The van der Waals surface area contributed by atoms with Crippen molar-refractivity contribution in [3.8, 4) is 0 Å². The molecule has 0 spiro atoms. The highest BCUT2D eigenvalue weighted by atomic mass is 32.2. The molecule has 3 heterocycles. The summed E-state index contributed by atoms with van der Waals surface area (Å²) in [5, 5.41) is 7.11. The smallest absolute Gasteiger partial charge is 0.0880 e. The van der Waals surface area contributed by atoms with E-state index in [0.717, 1.165) is 0 Å². The number of aryl methyl sites for hydroxylation is 2. The molecule has 0 radical (unpaired) electrons. The van der Waals surface area contributed by atoms with E-state index in [1.165, 1.54) is 83.7 Å². The van der Waals surface area contributed by atoms with Gasteiger partial charge in [0, 0.05) is 29.9 Å². The van der Waals surface area contributed by atoms with Crippen molar-refractivity contribution in [2.75, 3.05) is 0 Å². The number of rotatable bonds is 6. The first kappa shape index (κ1) is 17.7. The van der Waals surface area contributed by atoms with Gasteiger partial charge in [-0.15, -0.1) is 34.0 Å². The van der Waals surface area contributed by atoms with Crippen LogP contribution in [0.25, 0.3) is 40.3 Å². The average Bonchev–Trinajstić information content (AvgIpc) is 3.33. The van der Waals surface area contributed by atoms with Crippen LogP contribution in [-0.4, -0.2) is 0 Å². The molecule has 0 aliphatic carbocycles. The van der Waals surface area contributed by atoms with E-state index in [2.05, 4.69) is 50.2 Å². The zero-order valence-corrected chi connectivity index (χ0v) is 18.4. The molecule has 0 bridgehead atoms. The molecule has 3 heteroatoms. The van der Waals surface area contributed by atoms with E-state index in [1.807, 2.05) is 34.0 Å². The SMILES string of the molecule is CCCCc1cc2cc3cc4c(cc3cc2s1)sc1sc(CCCC)cc14. The van der Waals surface area contributed by atoms with Crippen LogP contribution in [-0.2, 0) is 12.8 Å². The number of hydrogen-bond donors (Lipinski definition) is 0. The van der Waals surface area contributed by atoms with E-state index >= 15 is 0 Å². The summed E-state index contributed by atoms with van der Waals surface area (Å²) in [6, 6.07) is 14.5. The number of hydrogen-bond acceptors (Lipinski definition) is 3. The minimum Gasteiger partial charge on any atom is -0.140 e. The molecule has 0 N–H and O–H groups in total. The second-order valence-corrected chi connectivity index (χ2v) is 11.1. The van der Waals surface area contributed by atoms with E-state index in [9.17, 15) is 0 Å². The van der Waals surface area contributed by atoms with Crippen LogP contribution in [0, 0.1) is 0 Å². The lowest BCUT2D eigenvalue weighted by atomic mass is 10.1. The molecule has 0 fully saturated rings. The molecule has 138 valence electrons. The predicted octanol–water partition coefficient (Wildman–Crippen LogP) is 9.17. The van der Waals surface area contributed by atoms with Gasteiger partial charge < -0.3 is 0 Å². The summed E-state index contributed by atoms with van der Waals surface area (Å²) in [7, 11) is 0. The molecular weight excluding hydrogens is 384 g/mol. The average molecular weight is 409 g/mol. The van der Waals surface area contributed by atoms with Gasteiger partial charge in [0.15, 0.2) is 0 Å². The number of benzene rings is 2. The first-order valence-corrected chi connectivity index (χ1v) is 12.5. The van der Waals surface area contributed by atoms with Crippen molar-refractivity contribution in [3.05, 3.63) is 46.2 Å². The largest absolute Gasteiger partial charge is 0.140 e. The van der Waals surface area contributed by atoms with Crippen molar-refractivity contribution in [3.63, 3.8) is 0 Å². The first-order chi connectivity index (χ1) is 13.2. The Morgan fingerprint density at radius 2 is 1.30 bits per heavy atom. The van der Waals surface area contributed by atoms with E-state index in [4.69, 9.17) is 0 Å². The Bertz CT molecular complexity index is 1230. The number of fused-ring (bicyclic) bond motifs is 5. The van der Waals surface area contributed by atoms with Gasteiger partial charge in [0.05, 0.1) is 4.01 Å². The van der Waals surface area contributed by atoms with Gasteiger partial charge in [0.25, 0.3) is 0 Å². The lowest BCUT2D eigenvalue weighted by molar-refractivity contribution is 0.804. The van der Waals surface area contributed by atoms with Crippen LogP contribution in [0.5, 0.6) is 0 Å². The molecule has 3 aromatic heterocycles. The molecule has 2 aromatic carbocycles. The van der Waals surface area contributed by atoms with Crippen LogP contribution in [0.15, 0.2) is 36.4 Å². The predicted molar refractivity (Wildman–Crippen MR) is 127 cm³/mol. The van der Waals surface area contributed by atoms with Gasteiger partial charge in [0.1, 0.15) is 0 Å². The highest BCUT2D eigenvalue weighted by molar-refractivity contribution is 7.41. The summed E-state index contributed by atoms with van der Waals surface area (Å²) in [6.07, 6.45) is 7.58. The number of thiophene rings is 3. The third kappa shape index (κ3) is 3.20. The summed E-state index contributed by atoms with van der Waals surface area (Å²) in [6.45, 7) is 4.55. The second kappa shape index (κ2) is 7.20. The normalized spacial score (nSPS) is 12.2. The van der Waals surface area contributed by atoms with Gasteiger partial charge >= 0.3 is 0 Å². The Kier molecular flexibility index (Phi) is 4.71. The van der Waals surface area contributed by atoms with Gasteiger partial charge in [0.2, 0.25) is 0 Å². The monoisotopic (exact) mass is 408 g/mol. The van der Waals surface area contributed by atoms with Crippen LogP contribution in [0.3, 0.4) is 0 Å². The fraction of sp³-hybridized carbons (Fsp3) is 0.333. The van der Waals surface area contributed by atoms with Gasteiger partial charge in [-0.25, -0.2) is 0 Å². The lowest BCUT2D eigenvalue weighted by Crippen LogP contribution is -1.77. The molecule has 0 unspecified atom stereocenters. The first-order valence-electron chi connectivity index (χ1n) is 10.1. The van der Waals surface area contributed by atoms with Crippen molar-refractivity contribution in [2.24, 2.45) is 0 Å². The summed E-state index contributed by atoms with van der Waals surface area (Å²) in [4.78, 5) is 3.08. The van der Waals surface area contributed by atoms with Gasteiger partial charge in [-0.3, -0.25) is 0 Å². The standard InChI is InChI=1S/C24H24S3/c1-3-5-7-18-10-17-9-15-11-20-21-14-19(8-6-4-2)26-24(21)27-23(20)13-16(15)12-22(17)25-18/h9-14H,3-8H2,1-2H3. The minimum absolute atomic E-state index is 1.22. The van der Waals surface area contributed by atoms with Gasteiger partial charge in [-0.05, 0) is 78.2 Å². The molecule has 0 nitrogen and oxygen atoms in total. The van der Waals surface area contributed by atoms with E-state index in [0.29, 0.717) is 0 Å². The van der Waals surface area contributed by atoms with Crippen LogP contribution >= 0.6 is 34.0 Å². The third-order valence-corrected chi connectivity index (χ3v) is 9.03.